The van der Waals surface area contributed by atoms with Crippen molar-refractivity contribution in [2.24, 2.45) is 17.6 Å². The molecule has 2 unspecified atom stereocenters. The van der Waals surface area contributed by atoms with Gasteiger partial charge in [0.2, 0.25) is 10.0 Å². The van der Waals surface area contributed by atoms with Crippen molar-refractivity contribution in [1.29, 1.82) is 0 Å². The highest BCUT2D eigenvalue weighted by atomic mass is 79.9. The Morgan fingerprint density at radius 3 is 2.35 bits per heavy atom. The summed E-state index contributed by atoms with van der Waals surface area (Å²) in [6, 6.07) is 3.60. The summed E-state index contributed by atoms with van der Waals surface area (Å²) in [6.07, 6.45) is 0. The average Bonchev–Trinajstić information content (AvgIpc) is 2.73. The summed E-state index contributed by atoms with van der Waals surface area (Å²) < 4.78 is 27.9. The Labute approximate surface area is 129 Å². The standard InChI is InChI=1S/C14H21BrN2O2S/c1-9-4-12(6-16)5-13(14(9)15)20(18,19)17-7-10(2)11(3)8-17/h4-5,10-11H,6-8,16H2,1-3H3. The van der Waals surface area contributed by atoms with Crippen LogP contribution >= 0.6 is 15.9 Å². The monoisotopic (exact) mass is 360 g/mol. The molecular weight excluding hydrogens is 340 g/mol. The summed E-state index contributed by atoms with van der Waals surface area (Å²) in [5.74, 6) is 0.782. The molecule has 0 spiro atoms. The molecule has 1 aromatic rings. The molecule has 0 bridgehead atoms. The van der Waals surface area contributed by atoms with Gasteiger partial charge in [0.15, 0.2) is 0 Å². The fourth-order valence-corrected chi connectivity index (χ4v) is 5.20. The van der Waals surface area contributed by atoms with Crippen LogP contribution in [0.3, 0.4) is 0 Å². The second-order valence-corrected chi connectivity index (χ2v) is 8.40. The minimum Gasteiger partial charge on any atom is -0.326 e. The Balaban J connectivity index is 2.47. The van der Waals surface area contributed by atoms with Crippen LogP contribution < -0.4 is 5.73 Å². The van der Waals surface area contributed by atoms with Crippen LogP contribution in [0.4, 0.5) is 0 Å². The molecule has 2 N–H and O–H groups in total. The van der Waals surface area contributed by atoms with Crippen molar-refractivity contribution in [3.8, 4) is 0 Å². The summed E-state index contributed by atoms with van der Waals surface area (Å²) in [5, 5.41) is 0. The quantitative estimate of drug-likeness (QED) is 0.900. The van der Waals surface area contributed by atoms with E-state index in [1.165, 1.54) is 0 Å². The number of halogens is 1. The summed E-state index contributed by atoms with van der Waals surface area (Å²) in [4.78, 5) is 0.333. The SMILES string of the molecule is Cc1cc(CN)cc(S(=O)(=O)N2CC(C)C(C)C2)c1Br. The molecule has 0 aliphatic carbocycles. The number of aryl methyl sites for hydroxylation is 1. The zero-order chi connectivity index (χ0) is 15.1. The van der Waals surface area contributed by atoms with Crippen molar-refractivity contribution in [1.82, 2.24) is 4.31 Å². The van der Waals surface area contributed by atoms with Crippen molar-refractivity contribution in [2.45, 2.75) is 32.2 Å². The lowest BCUT2D eigenvalue weighted by molar-refractivity contribution is 0.462. The lowest BCUT2D eigenvalue weighted by Crippen LogP contribution is -2.29. The summed E-state index contributed by atoms with van der Waals surface area (Å²) in [7, 11) is -3.46. The van der Waals surface area contributed by atoms with Crippen LogP contribution in [0.15, 0.2) is 21.5 Å². The van der Waals surface area contributed by atoms with Crippen molar-refractivity contribution in [3.63, 3.8) is 0 Å². The largest absolute Gasteiger partial charge is 0.326 e. The smallest absolute Gasteiger partial charge is 0.244 e. The van der Waals surface area contributed by atoms with Gasteiger partial charge in [0.25, 0.3) is 0 Å². The molecule has 2 rings (SSSR count). The molecule has 6 heteroatoms. The van der Waals surface area contributed by atoms with Crippen LogP contribution in [0.25, 0.3) is 0 Å². The van der Waals surface area contributed by atoms with E-state index < -0.39 is 10.0 Å². The second-order valence-electron chi connectivity index (χ2n) is 5.71. The summed E-state index contributed by atoms with van der Waals surface area (Å²) in [6.45, 7) is 7.58. The molecule has 0 amide bonds. The van der Waals surface area contributed by atoms with E-state index in [1.54, 1.807) is 10.4 Å². The van der Waals surface area contributed by atoms with Crippen molar-refractivity contribution >= 4 is 26.0 Å². The Kier molecular flexibility index (Phi) is 4.59. The van der Waals surface area contributed by atoms with Gasteiger partial charge in [-0.2, -0.15) is 4.31 Å². The Hall–Kier alpha value is -0.430. The maximum Gasteiger partial charge on any atom is 0.244 e. The van der Waals surface area contributed by atoms with Crippen LogP contribution in [-0.2, 0) is 16.6 Å². The highest BCUT2D eigenvalue weighted by Crippen LogP contribution is 2.33. The maximum absolute atomic E-state index is 12.8. The molecule has 112 valence electrons. The van der Waals surface area contributed by atoms with Crippen LogP contribution in [0.5, 0.6) is 0 Å². The molecule has 0 saturated carbocycles. The van der Waals surface area contributed by atoms with Gasteiger partial charge in [-0.1, -0.05) is 19.9 Å². The van der Waals surface area contributed by atoms with Gasteiger partial charge in [-0.15, -0.1) is 0 Å². The Bertz CT molecular complexity index is 606. The second kappa shape index (κ2) is 5.75. The first-order chi connectivity index (χ1) is 9.27. The molecule has 1 saturated heterocycles. The van der Waals surface area contributed by atoms with E-state index in [0.29, 0.717) is 40.8 Å². The summed E-state index contributed by atoms with van der Waals surface area (Å²) in [5.41, 5.74) is 7.39. The molecule has 1 fully saturated rings. The number of hydrogen-bond donors (Lipinski definition) is 1. The normalized spacial score (nSPS) is 24.2. The van der Waals surface area contributed by atoms with Gasteiger partial charge in [0, 0.05) is 24.1 Å². The van der Waals surface area contributed by atoms with E-state index >= 15 is 0 Å². The first kappa shape index (κ1) is 15.9. The number of nitrogens with zero attached hydrogens (tertiary/aromatic N) is 1. The first-order valence-electron chi connectivity index (χ1n) is 6.76. The lowest BCUT2D eigenvalue weighted by atomic mass is 10.0. The third kappa shape index (κ3) is 2.79. The molecule has 0 radical (unpaired) electrons. The molecule has 1 aliphatic heterocycles. The molecule has 4 nitrogen and oxygen atoms in total. The van der Waals surface area contributed by atoms with Gasteiger partial charge in [-0.25, -0.2) is 8.42 Å². The fraction of sp³-hybridized carbons (Fsp3) is 0.571. The van der Waals surface area contributed by atoms with Crippen LogP contribution in [-0.4, -0.2) is 25.8 Å². The van der Waals surface area contributed by atoms with Gasteiger partial charge in [-0.3, -0.25) is 0 Å². The third-order valence-electron chi connectivity index (χ3n) is 4.09. The van der Waals surface area contributed by atoms with E-state index in [0.717, 1.165) is 11.1 Å². The number of benzene rings is 1. The molecule has 2 atom stereocenters. The van der Waals surface area contributed by atoms with E-state index in [4.69, 9.17) is 5.73 Å². The molecule has 20 heavy (non-hydrogen) atoms. The molecule has 1 heterocycles. The minimum absolute atomic E-state index is 0.333. The summed E-state index contributed by atoms with van der Waals surface area (Å²) >= 11 is 3.41. The molecule has 1 aliphatic rings. The predicted octanol–water partition coefficient (Wildman–Crippen LogP) is 2.49. The maximum atomic E-state index is 12.8. The van der Waals surface area contributed by atoms with Crippen molar-refractivity contribution in [3.05, 3.63) is 27.7 Å². The van der Waals surface area contributed by atoms with Crippen molar-refractivity contribution < 1.29 is 8.42 Å². The van der Waals surface area contributed by atoms with E-state index in [9.17, 15) is 8.42 Å². The topological polar surface area (TPSA) is 63.4 Å². The Morgan fingerprint density at radius 2 is 1.85 bits per heavy atom. The number of rotatable bonds is 3. The number of hydrogen-bond acceptors (Lipinski definition) is 3. The fourth-order valence-electron chi connectivity index (χ4n) is 2.53. The number of sulfonamides is 1. The lowest BCUT2D eigenvalue weighted by Gasteiger charge is -2.19. The Morgan fingerprint density at radius 1 is 1.30 bits per heavy atom. The van der Waals surface area contributed by atoms with E-state index in [1.807, 2.05) is 13.0 Å². The van der Waals surface area contributed by atoms with Gasteiger partial charge in [0.1, 0.15) is 0 Å². The number of nitrogens with two attached hydrogens (primary N) is 1. The van der Waals surface area contributed by atoms with Gasteiger partial charge >= 0.3 is 0 Å². The average molecular weight is 361 g/mol. The van der Waals surface area contributed by atoms with E-state index in [2.05, 4.69) is 29.8 Å². The molecule has 0 aromatic heterocycles. The van der Waals surface area contributed by atoms with Crippen molar-refractivity contribution in [2.75, 3.05) is 13.1 Å². The third-order valence-corrected chi connectivity index (χ3v) is 7.26. The minimum atomic E-state index is -3.46. The highest BCUT2D eigenvalue weighted by molar-refractivity contribution is 9.10. The van der Waals surface area contributed by atoms with Crippen LogP contribution in [0.2, 0.25) is 0 Å². The molecular formula is C14H21BrN2O2S. The van der Waals surface area contributed by atoms with Gasteiger partial charge in [0.05, 0.1) is 4.90 Å². The van der Waals surface area contributed by atoms with E-state index in [-0.39, 0.29) is 0 Å². The zero-order valence-corrected chi connectivity index (χ0v) is 14.5. The molecule has 1 aromatic carbocycles. The van der Waals surface area contributed by atoms with Crippen LogP contribution in [0, 0.1) is 18.8 Å². The van der Waals surface area contributed by atoms with Gasteiger partial charge in [-0.05, 0) is 51.9 Å². The highest BCUT2D eigenvalue weighted by Gasteiger charge is 2.36. The zero-order valence-electron chi connectivity index (χ0n) is 12.1. The first-order valence-corrected chi connectivity index (χ1v) is 9.00. The predicted molar refractivity (Wildman–Crippen MR) is 83.9 cm³/mol. The van der Waals surface area contributed by atoms with Crippen LogP contribution in [0.1, 0.15) is 25.0 Å². The van der Waals surface area contributed by atoms with Gasteiger partial charge < -0.3 is 5.73 Å².